The molecule has 1 fully saturated rings. The van der Waals surface area contributed by atoms with Gasteiger partial charge in [-0.2, -0.15) is 0 Å². The lowest BCUT2D eigenvalue weighted by atomic mass is 10.1. The van der Waals surface area contributed by atoms with E-state index in [0.29, 0.717) is 6.42 Å². The van der Waals surface area contributed by atoms with Crippen LogP contribution in [0.25, 0.3) is 0 Å². The van der Waals surface area contributed by atoms with Crippen molar-refractivity contribution in [3.63, 3.8) is 0 Å². The van der Waals surface area contributed by atoms with E-state index in [-0.39, 0.29) is 11.9 Å². The fraction of sp³-hybridized carbons (Fsp3) is 0.278. The van der Waals surface area contributed by atoms with Gasteiger partial charge in [-0.15, -0.1) is 0 Å². The van der Waals surface area contributed by atoms with Crippen molar-refractivity contribution in [1.82, 2.24) is 5.32 Å². The maximum Gasteiger partial charge on any atom is 0.224 e. The van der Waals surface area contributed by atoms with Crippen LogP contribution in [0.3, 0.4) is 0 Å². The van der Waals surface area contributed by atoms with Gasteiger partial charge in [0.05, 0.1) is 6.42 Å². The molecule has 0 radical (unpaired) electrons. The molecule has 3 N–H and O–H groups in total. The molecule has 1 heterocycles. The Morgan fingerprint density at radius 1 is 1.14 bits per heavy atom. The van der Waals surface area contributed by atoms with Crippen molar-refractivity contribution in [2.45, 2.75) is 18.9 Å². The second-order valence-corrected chi connectivity index (χ2v) is 5.75. The normalized spacial score (nSPS) is 17.5. The Kier molecular flexibility index (Phi) is 4.28. The molecule has 0 saturated carbocycles. The highest BCUT2D eigenvalue weighted by Gasteiger charge is 2.23. The van der Waals surface area contributed by atoms with Crippen LogP contribution in [0, 0.1) is 0 Å². The average molecular weight is 295 g/mol. The first kappa shape index (κ1) is 14.4. The Bertz CT molecular complexity index is 625. The molecule has 2 aromatic rings. The van der Waals surface area contributed by atoms with Crippen LogP contribution in [0.2, 0.25) is 0 Å². The van der Waals surface area contributed by atoms with E-state index >= 15 is 0 Å². The van der Waals surface area contributed by atoms with E-state index in [1.54, 1.807) is 0 Å². The SMILES string of the molecule is Nc1ccc(CC(=O)NC2CCN(c3ccccc3)C2)cc1. The quantitative estimate of drug-likeness (QED) is 0.850. The average Bonchev–Trinajstić information content (AvgIpc) is 2.99. The topological polar surface area (TPSA) is 58.4 Å². The molecule has 4 nitrogen and oxygen atoms in total. The molecule has 4 heteroatoms. The maximum atomic E-state index is 12.1. The number of benzene rings is 2. The summed E-state index contributed by atoms with van der Waals surface area (Å²) in [6.07, 6.45) is 1.39. The third kappa shape index (κ3) is 3.58. The van der Waals surface area contributed by atoms with E-state index < -0.39 is 0 Å². The van der Waals surface area contributed by atoms with Crippen molar-refractivity contribution < 1.29 is 4.79 Å². The number of hydrogen-bond acceptors (Lipinski definition) is 3. The van der Waals surface area contributed by atoms with Gasteiger partial charge in [-0.1, -0.05) is 30.3 Å². The lowest BCUT2D eigenvalue weighted by Gasteiger charge is -2.19. The number of nitrogen functional groups attached to an aromatic ring is 1. The number of carbonyl (C=O) groups excluding carboxylic acids is 1. The van der Waals surface area contributed by atoms with E-state index in [9.17, 15) is 4.79 Å². The largest absolute Gasteiger partial charge is 0.399 e. The molecule has 22 heavy (non-hydrogen) atoms. The van der Waals surface area contributed by atoms with Gasteiger partial charge in [-0.05, 0) is 36.2 Å². The summed E-state index contributed by atoms with van der Waals surface area (Å²) in [5.74, 6) is 0.0738. The Morgan fingerprint density at radius 2 is 1.86 bits per heavy atom. The van der Waals surface area contributed by atoms with Gasteiger partial charge in [0.2, 0.25) is 5.91 Å². The van der Waals surface area contributed by atoms with E-state index in [1.807, 2.05) is 42.5 Å². The number of amides is 1. The highest BCUT2D eigenvalue weighted by atomic mass is 16.1. The monoisotopic (exact) mass is 295 g/mol. The fourth-order valence-electron chi connectivity index (χ4n) is 2.85. The van der Waals surface area contributed by atoms with Crippen molar-refractivity contribution in [3.05, 3.63) is 60.2 Å². The van der Waals surface area contributed by atoms with Crippen molar-refractivity contribution >= 4 is 17.3 Å². The third-order valence-corrected chi connectivity index (χ3v) is 4.02. The minimum atomic E-state index is 0.0738. The predicted molar refractivity (Wildman–Crippen MR) is 89.8 cm³/mol. The van der Waals surface area contributed by atoms with Gasteiger partial charge < -0.3 is 16.0 Å². The molecule has 0 spiro atoms. The number of hydrogen-bond donors (Lipinski definition) is 2. The lowest BCUT2D eigenvalue weighted by molar-refractivity contribution is -0.121. The summed E-state index contributed by atoms with van der Waals surface area (Å²) in [7, 11) is 0. The summed E-state index contributed by atoms with van der Waals surface area (Å²) in [5.41, 5.74) is 8.59. The maximum absolute atomic E-state index is 12.1. The molecule has 1 atom stereocenters. The Balaban J connectivity index is 1.51. The van der Waals surface area contributed by atoms with Crippen LogP contribution >= 0.6 is 0 Å². The smallest absolute Gasteiger partial charge is 0.224 e. The number of nitrogens with zero attached hydrogens (tertiary/aromatic N) is 1. The summed E-state index contributed by atoms with van der Waals surface area (Å²) < 4.78 is 0. The summed E-state index contributed by atoms with van der Waals surface area (Å²) >= 11 is 0. The number of nitrogens with two attached hydrogens (primary N) is 1. The molecule has 3 rings (SSSR count). The summed E-state index contributed by atoms with van der Waals surface area (Å²) in [6, 6.07) is 18.0. The van der Waals surface area contributed by atoms with Gasteiger partial charge in [0.15, 0.2) is 0 Å². The lowest BCUT2D eigenvalue weighted by Crippen LogP contribution is -2.37. The fourth-order valence-corrected chi connectivity index (χ4v) is 2.85. The zero-order chi connectivity index (χ0) is 15.4. The van der Waals surface area contributed by atoms with Gasteiger partial charge >= 0.3 is 0 Å². The van der Waals surface area contributed by atoms with Crippen LogP contribution in [-0.2, 0) is 11.2 Å². The molecule has 0 aliphatic carbocycles. The molecule has 1 unspecified atom stereocenters. The molecule has 1 aliphatic rings. The third-order valence-electron chi connectivity index (χ3n) is 4.02. The first-order valence-electron chi connectivity index (χ1n) is 7.64. The van der Waals surface area contributed by atoms with E-state index in [2.05, 4.69) is 22.3 Å². The number of carbonyl (C=O) groups is 1. The highest BCUT2D eigenvalue weighted by molar-refractivity contribution is 5.79. The van der Waals surface area contributed by atoms with Gasteiger partial charge in [-0.25, -0.2) is 0 Å². The Hall–Kier alpha value is -2.49. The van der Waals surface area contributed by atoms with Crippen molar-refractivity contribution in [3.8, 4) is 0 Å². The van der Waals surface area contributed by atoms with Crippen molar-refractivity contribution in [2.24, 2.45) is 0 Å². The van der Waals surface area contributed by atoms with Crippen LogP contribution < -0.4 is 16.0 Å². The van der Waals surface area contributed by atoms with Crippen LogP contribution in [-0.4, -0.2) is 25.0 Å². The molecule has 0 aromatic heterocycles. The highest BCUT2D eigenvalue weighted by Crippen LogP contribution is 2.19. The van der Waals surface area contributed by atoms with Crippen molar-refractivity contribution in [2.75, 3.05) is 23.7 Å². The minimum Gasteiger partial charge on any atom is -0.399 e. The van der Waals surface area contributed by atoms with Crippen LogP contribution in [0.4, 0.5) is 11.4 Å². The van der Waals surface area contributed by atoms with Gasteiger partial charge in [0.1, 0.15) is 0 Å². The summed E-state index contributed by atoms with van der Waals surface area (Å²) in [5, 5.41) is 3.13. The zero-order valence-corrected chi connectivity index (χ0v) is 12.5. The van der Waals surface area contributed by atoms with Gasteiger partial charge in [0.25, 0.3) is 0 Å². The second kappa shape index (κ2) is 6.52. The zero-order valence-electron chi connectivity index (χ0n) is 12.5. The number of para-hydroxylation sites is 1. The first-order valence-corrected chi connectivity index (χ1v) is 7.64. The number of rotatable bonds is 4. The number of nitrogens with one attached hydrogen (secondary N) is 1. The summed E-state index contributed by atoms with van der Waals surface area (Å²) in [4.78, 5) is 14.4. The molecule has 1 saturated heterocycles. The van der Waals surface area contributed by atoms with E-state index in [0.717, 1.165) is 30.8 Å². The van der Waals surface area contributed by atoms with Gasteiger partial charge in [0, 0.05) is 30.5 Å². The minimum absolute atomic E-state index is 0.0738. The van der Waals surface area contributed by atoms with E-state index in [4.69, 9.17) is 5.73 Å². The Morgan fingerprint density at radius 3 is 2.59 bits per heavy atom. The summed E-state index contributed by atoms with van der Waals surface area (Å²) in [6.45, 7) is 1.86. The molecular formula is C18H21N3O. The van der Waals surface area contributed by atoms with Gasteiger partial charge in [-0.3, -0.25) is 4.79 Å². The standard InChI is InChI=1S/C18H21N3O/c19-15-8-6-14(7-9-15)12-18(22)20-16-10-11-21(13-16)17-4-2-1-3-5-17/h1-9,16H,10-13,19H2,(H,20,22). The molecule has 1 amide bonds. The van der Waals surface area contributed by atoms with Crippen LogP contribution in [0.1, 0.15) is 12.0 Å². The molecule has 114 valence electrons. The molecular weight excluding hydrogens is 274 g/mol. The first-order chi connectivity index (χ1) is 10.7. The molecule has 2 aromatic carbocycles. The van der Waals surface area contributed by atoms with Crippen LogP contribution in [0.5, 0.6) is 0 Å². The predicted octanol–water partition coefficient (Wildman–Crippen LogP) is 2.21. The second-order valence-electron chi connectivity index (χ2n) is 5.75. The van der Waals surface area contributed by atoms with Crippen molar-refractivity contribution in [1.29, 1.82) is 0 Å². The molecule has 0 bridgehead atoms. The molecule has 1 aliphatic heterocycles. The van der Waals surface area contributed by atoms with Crippen LogP contribution in [0.15, 0.2) is 54.6 Å². The Labute approximate surface area is 130 Å². The number of anilines is 2. The van der Waals surface area contributed by atoms with E-state index in [1.165, 1.54) is 5.69 Å².